The van der Waals surface area contributed by atoms with Crippen molar-refractivity contribution in [2.45, 2.75) is 6.92 Å². The number of ether oxygens (including phenoxy) is 1. The molecule has 0 saturated heterocycles. The fourth-order valence-electron chi connectivity index (χ4n) is 1.95. The predicted octanol–water partition coefficient (Wildman–Crippen LogP) is 3.97. The number of hydrogen-bond donors (Lipinski definition) is 1. The molecule has 3 rings (SSSR count). The molecule has 0 radical (unpaired) electrons. The van der Waals surface area contributed by atoms with Gasteiger partial charge in [-0.25, -0.2) is 9.97 Å². The molecule has 0 bridgehead atoms. The molecule has 0 amide bonds. The van der Waals surface area contributed by atoms with Crippen LogP contribution in [0.1, 0.15) is 5.82 Å². The van der Waals surface area contributed by atoms with Gasteiger partial charge in [0.05, 0.1) is 5.52 Å². The van der Waals surface area contributed by atoms with E-state index in [0.29, 0.717) is 28.2 Å². The standard InChI is InChI=1S/C15H12ClN3O/c1-9-18-14-7-6-12(8-13(14)15(17)19-9)20-11-4-2-10(16)3-5-11/h2-8H,1H3,(H2,17,18,19). The van der Waals surface area contributed by atoms with Crippen LogP contribution in [0, 0.1) is 6.92 Å². The average molecular weight is 286 g/mol. The van der Waals surface area contributed by atoms with Crippen LogP contribution in [0.25, 0.3) is 10.9 Å². The molecule has 0 spiro atoms. The topological polar surface area (TPSA) is 61.0 Å². The average Bonchev–Trinajstić information content (AvgIpc) is 2.42. The number of hydrogen-bond acceptors (Lipinski definition) is 4. The zero-order valence-electron chi connectivity index (χ0n) is 10.8. The number of aryl methyl sites for hydroxylation is 1. The van der Waals surface area contributed by atoms with Crippen LogP contribution in [-0.2, 0) is 0 Å². The van der Waals surface area contributed by atoms with Crippen LogP contribution in [0.4, 0.5) is 5.82 Å². The first-order chi connectivity index (χ1) is 9.61. The summed E-state index contributed by atoms with van der Waals surface area (Å²) < 4.78 is 5.76. The molecule has 100 valence electrons. The molecule has 1 aromatic heterocycles. The Balaban J connectivity index is 1.98. The van der Waals surface area contributed by atoms with Crippen molar-refractivity contribution < 1.29 is 4.74 Å². The van der Waals surface area contributed by atoms with Crippen LogP contribution in [0.15, 0.2) is 42.5 Å². The van der Waals surface area contributed by atoms with Gasteiger partial charge in [-0.3, -0.25) is 0 Å². The summed E-state index contributed by atoms with van der Waals surface area (Å²) in [4.78, 5) is 8.49. The molecule has 2 N–H and O–H groups in total. The molecular formula is C15H12ClN3O. The number of halogens is 1. The SMILES string of the molecule is Cc1nc(N)c2cc(Oc3ccc(Cl)cc3)ccc2n1. The second kappa shape index (κ2) is 4.98. The zero-order valence-corrected chi connectivity index (χ0v) is 11.6. The van der Waals surface area contributed by atoms with E-state index in [2.05, 4.69) is 9.97 Å². The third kappa shape index (κ3) is 2.51. The predicted molar refractivity (Wildman–Crippen MR) is 80.2 cm³/mol. The van der Waals surface area contributed by atoms with E-state index in [1.165, 1.54) is 0 Å². The molecule has 0 saturated carbocycles. The highest BCUT2D eigenvalue weighted by molar-refractivity contribution is 6.30. The van der Waals surface area contributed by atoms with Gasteiger partial charge in [0.1, 0.15) is 23.1 Å². The van der Waals surface area contributed by atoms with E-state index in [1.807, 2.05) is 37.3 Å². The molecule has 0 unspecified atom stereocenters. The van der Waals surface area contributed by atoms with Gasteiger partial charge in [0.15, 0.2) is 0 Å². The Hall–Kier alpha value is -2.33. The number of nitrogen functional groups attached to an aromatic ring is 1. The summed E-state index contributed by atoms with van der Waals surface area (Å²) in [5, 5.41) is 1.45. The molecular weight excluding hydrogens is 274 g/mol. The molecule has 3 aromatic rings. The first kappa shape index (κ1) is 12.7. The number of nitrogens with zero attached hydrogens (tertiary/aromatic N) is 2. The molecule has 20 heavy (non-hydrogen) atoms. The van der Waals surface area contributed by atoms with Gasteiger partial charge in [-0.05, 0) is 49.4 Å². The molecule has 2 aromatic carbocycles. The summed E-state index contributed by atoms with van der Waals surface area (Å²) in [7, 11) is 0. The van der Waals surface area contributed by atoms with E-state index in [9.17, 15) is 0 Å². The summed E-state index contributed by atoms with van der Waals surface area (Å²) in [6.07, 6.45) is 0. The van der Waals surface area contributed by atoms with Gasteiger partial charge in [0.25, 0.3) is 0 Å². The van der Waals surface area contributed by atoms with Gasteiger partial charge in [0, 0.05) is 10.4 Å². The van der Waals surface area contributed by atoms with Crippen LogP contribution in [0.5, 0.6) is 11.5 Å². The first-order valence-electron chi connectivity index (χ1n) is 6.09. The van der Waals surface area contributed by atoms with Crippen molar-refractivity contribution in [3.05, 3.63) is 53.3 Å². The van der Waals surface area contributed by atoms with Crippen molar-refractivity contribution in [1.29, 1.82) is 0 Å². The lowest BCUT2D eigenvalue weighted by Gasteiger charge is -2.08. The minimum absolute atomic E-state index is 0.453. The summed E-state index contributed by atoms with van der Waals surface area (Å²) in [5.74, 6) is 2.50. The Morgan fingerprint density at radius 3 is 2.45 bits per heavy atom. The first-order valence-corrected chi connectivity index (χ1v) is 6.47. The Labute approximate surface area is 121 Å². The summed E-state index contributed by atoms with van der Waals surface area (Å²) in [5.41, 5.74) is 6.72. The van der Waals surface area contributed by atoms with Crippen LogP contribution in [-0.4, -0.2) is 9.97 Å². The molecule has 1 heterocycles. The van der Waals surface area contributed by atoms with Gasteiger partial charge in [-0.2, -0.15) is 0 Å². The second-order valence-electron chi connectivity index (χ2n) is 4.39. The Kier molecular flexibility index (Phi) is 3.16. The van der Waals surface area contributed by atoms with E-state index in [0.717, 1.165) is 10.9 Å². The minimum Gasteiger partial charge on any atom is -0.457 e. The second-order valence-corrected chi connectivity index (χ2v) is 4.83. The zero-order chi connectivity index (χ0) is 14.1. The molecule has 0 aliphatic heterocycles. The van der Waals surface area contributed by atoms with Crippen molar-refractivity contribution in [3.8, 4) is 11.5 Å². The van der Waals surface area contributed by atoms with Crippen LogP contribution >= 0.6 is 11.6 Å². The number of rotatable bonds is 2. The number of benzene rings is 2. The largest absolute Gasteiger partial charge is 0.457 e. The lowest BCUT2D eigenvalue weighted by Crippen LogP contribution is -1.97. The Morgan fingerprint density at radius 1 is 1.00 bits per heavy atom. The molecule has 5 heteroatoms. The number of anilines is 1. The van der Waals surface area contributed by atoms with Crippen LogP contribution < -0.4 is 10.5 Å². The van der Waals surface area contributed by atoms with Gasteiger partial charge >= 0.3 is 0 Å². The quantitative estimate of drug-likeness (QED) is 0.774. The van der Waals surface area contributed by atoms with Crippen LogP contribution in [0.3, 0.4) is 0 Å². The molecule has 0 fully saturated rings. The van der Waals surface area contributed by atoms with Crippen molar-refractivity contribution in [1.82, 2.24) is 9.97 Å². The van der Waals surface area contributed by atoms with E-state index >= 15 is 0 Å². The van der Waals surface area contributed by atoms with Gasteiger partial charge < -0.3 is 10.5 Å². The van der Waals surface area contributed by atoms with E-state index in [-0.39, 0.29) is 0 Å². The maximum Gasteiger partial charge on any atom is 0.135 e. The highest BCUT2D eigenvalue weighted by Crippen LogP contribution is 2.27. The molecule has 0 aliphatic carbocycles. The maximum atomic E-state index is 5.92. The Bertz CT molecular complexity index is 772. The third-order valence-corrected chi connectivity index (χ3v) is 3.11. The van der Waals surface area contributed by atoms with Crippen LogP contribution in [0.2, 0.25) is 5.02 Å². The van der Waals surface area contributed by atoms with Crippen molar-refractivity contribution in [2.24, 2.45) is 0 Å². The highest BCUT2D eigenvalue weighted by atomic mass is 35.5. The normalized spacial score (nSPS) is 10.7. The number of fused-ring (bicyclic) bond motifs is 1. The van der Waals surface area contributed by atoms with Crippen molar-refractivity contribution in [3.63, 3.8) is 0 Å². The fourth-order valence-corrected chi connectivity index (χ4v) is 2.08. The van der Waals surface area contributed by atoms with E-state index in [4.69, 9.17) is 22.1 Å². The van der Waals surface area contributed by atoms with E-state index < -0.39 is 0 Å². The lowest BCUT2D eigenvalue weighted by molar-refractivity contribution is 0.483. The lowest BCUT2D eigenvalue weighted by atomic mass is 10.2. The van der Waals surface area contributed by atoms with E-state index in [1.54, 1.807) is 12.1 Å². The Morgan fingerprint density at radius 2 is 1.70 bits per heavy atom. The fraction of sp³-hybridized carbons (Fsp3) is 0.0667. The number of aromatic nitrogens is 2. The maximum absolute atomic E-state index is 5.92. The van der Waals surface area contributed by atoms with Crippen molar-refractivity contribution in [2.75, 3.05) is 5.73 Å². The molecule has 4 nitrogen and oxygen atoms in total. The summed E-state index contributed by atoms with van der Waals surface area (Å²) >= 11 is 5.84. The minimum atomic E-state index is 0.453. The summed E-state index contributed by atoms with van der Waals surface area (Å²) in [6, 6.07) is 12.7. The molecule has 0 atom stereocenters. The van der Waals surface area contributed by atoms with Gasteiger partial charge in [-0.1, -0.05) is 11.6 Å². The summed E-state index contributed by atoms with van der Waals surface area (Å²) in [6.45, 7) is 1.81. The number of nitrogens with two attached hydrogens (primary N) is 1. The van der Waals surface area contributed by atoms with Crippen molar-refractivity contribution >= 4 is 28.3 Å². The monoisotopic (exact) mass is 285 g/mol. The third-order valence-electron chi connectivity index (χ3n) is 2.86. The smallest absolute Gasteiger partial charge is 0.135 e. The molecule has 0 aliphatic rings. The van der Waals surface area contributed by atoms with Gasteiger partial charge in [-0.15, -0.1) is 0 Å². The highest BCUT2D eigenvalue weighted by Gasteiger charge is 2.05. The van der Waals surface area contributed by atoms with Gasteiger partial charge in [0.2, 0.25) is 0 Å².